The lowest BCUT2D eigenvalue weighted by Gasteiger charge is -2.12. The highest BCUT2D eigenvalue weighted by Gasteiger charge is 2.06. The van der Waals surface area contributed by atoms with E-state index in [1.54, 1.807) is 43.1 Å². The maximum absolute atomic E-state index is 12.9. The summed E-state index contributed by atoms with van der Waals surface area (Å²) in [5.74, 6) is 0.442. The van der Waals surface area contributed by atoms with Crippen LogP contribution in [0.5, 0.6) is 0 Å². The summed E-state index contributed by atoms with van der Waals surface area (Å²) in [6, 6.07) is 13.5. The summed E-state index contributed by atoms with van der Waals surface area (Å²) in [7, 11) is 1.70. The number of nitrogens with one attached hydrogen (secondary N) is 3. The van der Waals surface area contributed by atoms with Crippen LogP contribution in [0.25, 0.3) is 0 Å². The van der Waals surface area contributed by atoms with Crippen LogP contribution in [0, 0.1) is 5.82 Å². The van der Waals surface area contributed by atoms with E-state index in [9.17, 15) is 14.0 Å². The Balaban J connectivity index is 1.67. The fourth-order valence-electron chi connectivity index (χ4n) is 2.45. The summed E-state index contributed by atoms with van der Waals surface area (Å²) >= 11 is 1.68. The first kappa shape index (κ1) is 23.2. The van der Waals surface area contributed by atoms with Crippen LogP contribution < -0.4 is 21.7 Å². The van der Waals surface area contributed by atoms with Crippen molar-refractivity contribution in [1.82, 2.24) is 16.0 Å². The molecule has 9 heteroatoms. The SMILES string of the molecule is CN=C(NCCCSc1ccc(F)cc1)NCc1ccc(C(=O)NCC(N)=O)cc1. The van der Waals surface area contributed by atoms with Gasteiger partial charge < -0.3 is 21.7 Å². The second kappa shape index (κ2) is 12.5. The van der Waals surface area contributed by atoms with Gasteiger partial charge in [-0.3, -0.25) is 14.6 Å². The second-order valence-corrected chi connectivity index (χ2v) is 7.52. The highest BCUT2D eigenvalue weighted by molar-refractivity contribution is 7.99. The number of nitrogens with two attached hydrogens (primary N) is 1. The number of guanidine groups is 1. The van der Waals surface area contributed by atoms with Crippen LogP contribution in [0.15, 0.2) is 58.4 Å². The van der Waals surface area contributed by atoms with Crippen molar-refractivity contribution in [2.24, 2.45) is 10.7 Å². The van der Waals surface area contributed by atoms with Crippen molar-refractivity contribution in [3.63, 3.8) is 0 Å². The van der Waals surface area contributed by atoms with Crippen molar-refractivity contribution >= 4 is 29.5 Å². The van der Waals surface area contributed by atoms with Gasteiger partial charge in [0.25, 0.3) is 5.91 Å². The minimum absolute atomic E-state index is 0.188. The largest absolute Gasteiger partial charge is 0.368 e. The number of primary amides is 1. The number of amides is 2. The van der Waals surface area contributed by atoms with Crippen molar-refractivity contribution in [3.05, 3.63) is 65.5 Å². The van der Waals surface area contributed by atoms with Gasteiger partial charge in [-0.2, -0.15) is 0 Å². The Morgan fingerprint density at radius 3 is 2.37 bits per heavy atom. The number of benzene rings is 2. The third-order valence-electron chi connectivity index (χ3n) is 4.02. The highest BCUT2D eigenvalue weighted by Crippen LogP contribution is 2.18. The number of carbonyl (C=O) groups is 2. The Kier molecular flexibility index (Phi) is 9.66. The van der Waals surface area contributed by atoms with Gasteiger partial charge in [-0.15, -0.1) is 11.8 Å². The predicted octanol–water partition coefficient (Wildman–Crippen LogP) is 1.89. The summed E-state index contributed by atoms with van der Waals surface area (Å²) in [4.78, 5) is 27.8. The zero-order valence-electron chi connectivity index (χ0n) is 16.8. The maximum Gasteiger partial charge on any atom is 0.251 e. The molecule has 0 heterocycles. The van der Waals surface area contributed by atoms with Crippen LogP contribution in [-0.4, -0.2) is 43.7 Å². The van der Waals surface area contributed by atoms with Crippen LogP contribution in [0.1, 0.15) is 22.3 Å². The summed E-state index contributed by atoms with van der Waals surface area (Å²) in [5.41, 5.74) is 6.46. The van der Waals surface area contributed by atoms with Crippen LogP contribution in [0.2, 0.25) is 0 Å². The summed E-state index contributed by atoms with van der Waals surface area (Å²) in [6.45, 7) is 1.12. The van der Waals surface area contributed by atoms with Gasteiger partial charge in [0.15, 0.2) is 5.96 Å². The number of nitrogens with zero attached hydrogens (tertiary/aromatic N) is 1. The molecule has 160 valence electrons. The molecule has 2 aromatic carbocycles. The highest BCUT2D eigenvalue weighted by atomic mass is 32.2. The lowest BCUT2D eigenvalue weighted by molar-refractivity contribution is -0.117. The molecule has 0 aromatic heterocycles. The number of carbonyl (C=O) groups excluding carboxylic acids is 2. The lowest BCUT2D eigenvalue weighted by Crippen LogP contribution is -2.37. The molecule has 0 aliphatic heterocycles. The fourth-order valence-corrected chi connectivity index (χ4v) is 3.30. The zero-order chi connectivity index (χ0) is 21.8. The van der Waals surface area contributed by atoms with Gasteiger partial charge in [-0.25, -0.2) is 4.39 Å². The number of rotatable bonds is 10. The topological polar surface area (TPSA) is 109 Å². The Labute approximate surface area is 179 Å². The molecule has 30 heavy (non-hydrogen) atoms. The first-order valence-electron chi connectivity index (χ1n) is 9.46. The normalized spacial score (nSPS) is 11.1. The molecule has 2 amide bonds. The molecule has 0 aliphatic rings. The monoisotopic (exact) mass is 431 g/mol. The first-order chi connectivity index (χ1) is 14.5. The molecule has 0 unspecified atom stereocenters. The number of hydrogen-bond acceptors (Lipinski definition) is 4. The van der Waals surface area contributed by atoms with Gasteiger partial charge in [-0.05, 0) is 54.1 Å². The van der Waals surface area contributed by atoms with Crippen molar-refractivity contribution in [3.8, 4) is 0 Å². The van der Waals surface area contributed by atoms with Crippen molar-refractivity contribution in [2.75, 3.05) is 25.9 Å². The van der Waals surface area contributed by atoms with Crippen molar-refractivity contribution in [1.29, 1.82) is 0 Å². The second-order valence-electron chi connectivity index (χ2n) is 6.35. The van der Waals surface area contributed by atoms with Gasteiger partial charge in [0, 0.05) is 30.6 Å². The molecule has 0 spiro atoms. The maximum atomic E-state index is 12.9. The third-order valence-corrected chi connectivity index (χ3v) is 5.12. The molecule has 7 nitrogen and oxygen atoms in total. The smallest absolute Gasteiger partial charge is 0.251 e. The van der Waals surface area contributed by atoms with Crippen LogP contribution in [0.3, 0.4) is 0 Å². The quantitative estimate of drug-likeness (QED) is 0.199. The summed E-state index contributed by atoms with van der Waals surface area (Å²) in [6.07, 6.45) is 0.928. The molecule has 0 bridgehead atoms. The average Bonchev–Trinajstić information content (AvgIpc) is 2.75. The summed E-state index contributed by atoms with van der Waals surface area (Å²) in [5, 5.41) is 8.91. The van der Waals surface area contributed by atoms with E-state index < -0.39 is 5.91 Å². The molecule has 5 N–H and O–H groups in total. The minimum atomic E-state index is -0.586. The first-order valence-corrected chi connectivity index (χ1v) is 10.4. The molecular formula is C21H26FN5O2S. The van der Waals surface area contributed by atoms with E-state index in [0.29, 0.717) is 18.1 Å². The van der Waals surface area contributed by atoms with E-state index in [2.05, 4.69) is 20.9 Å². The van der Waals surface area contributed by atoms with Gasteiger partial charge in [-0.1, -0.05) is 12.1 Å². The van der Waals surface area contributed by atoms with E-state index >= 15 is 0 Å². The number of thioether (sulfide) groups is 1. The molecule has 0 radical (unpaired) electrons. The van der Waals surface area contributed by atoms with E-state index in [1.807, 2.05) is 12.1 Å². The van der Waals surface area contributed by atoms with Gasteiger partial charge >= 0.3 is 0 Å². The molecule has 0 saturated heterocycles. The van der Waals surface area contributed by atoms with Gasteiger partial charge in [0.1, 0.15) is 5.82 Å². The molecule has 0 aliphatic carbocycles. The van der Waals surface area contributed by atoms with Gasteiger partial charge in [0.2, 0.25) is 5.91 Å². The Morgan fingerprint density at radius 1 is 1.03 bits per heavy atom. The molecule has 0 atom stereocenters. The number of hydrogen-bond donors (Lipinski definition) is 4. The van der Waals surface area contributed by atoms with Crippen LogP contribution in [0.4, 0.5) is 4.39 Å². The van der Waals surface area contributed by atoms with Crippen LogP contribution >= 0.6 is 11.8 Å². The number of halogens is 1. The van der Waals surface area contributed by atoms with Crippen molar-refractivity contribution < 1.29 is 14.0 Å². The van der Waals surface area contributed by atoms with E-state index in [1.165, 1.54) is 12.1 Å². The fraction of sp³-hybridized carbons (Fsp3) is 0.286. The van der Waals surface area contributed by atoms with E-state index in [4.69, 9.17) is 5.73 Å². The minimum Gasteiger partial charge on any atom is -0.368 e. The van der Waals surface area contributed by atoms with Gasteiger partial charge in [0.05, 0.1) is 6.54 Å². The molecule has 2 rings (SSSR count). The Bertz CT molecular complexity index is 857. The lowest BCUT2D eigenvalue weighted by atomic mass is 10.1. The molecule has 0 fully saturated rings. The van der Waals surface area contributed by atoms with E-state index in [-0.39, 0.29) is 18.3 Å². The Morgan fingerprint density at radius 2 is 1.73 bits per heavy atom. The van der Waals surface area contributed by atoms with E-state index in [0.717, 1.165) is 29.2 Å². The summed E-state index contributed by atoms with van der Waals surface area (Å²) < 4.78 is 12.9. The predicted molar refractivity (Wildman–Crippen MR) is 118 cm³/mol. The average molecular weight is 432 g/mol. The number of aliphatic imine (C=N–C) groups is 1. The zero-order valence-corrected chi connectivity index (χ0v) is 17.6. The molecule has 0 saturated carbocycles. The van der Waals surface area contributed by atoms with Crippen molar-refractivity contribution in [2.45, 2.75) is 17.9 Å². The standard InChI is InChI=1S/C21H26FN5O2S/c1-24-21(25-11-2-12-30-18-9-7-17(22)8-10-18)27-13-15-3-5-16(6-4-15)20(29)26-14-19(23)28/h3-10H,2,11-14H2,1H3,(H2,23,28)(H,26,29)(H2,24,25,27). The van der Waals surface area contributed by atoms with Crippen LogP contribution in [-0.2, 0) is 11.3 Å². The molecule has 2 aromatic rings. The third kappa shape index (κ3) is 8.52. The molecular weight excluding hydrogens is 405 g/mol. The Hall–Kier alpha value is -3.07.